The SMILES string of the molecule is O=C(N/N=C\c1ccc(Nc2ccccc2)cc1)[C@H]1COc2ccccc2O1. The molecule has 0 radical (unpaired) electrons. The molecule has 4 rings (SSSR count). The number of benzene rings is 3. The lowest BCUT2D eigenvalue weighted by Gasteiger charge is -2.24. The third-order valence-corrected chi connectivity index (χ3v) is 4.16. The van der Waals surface area contributed by atoms with Gasteiger partial charge in [0, 0.05) is 11.4 Å². The van der Waals surface area contributed by atoms with Crippen LogP contribution in [-0.4, -0.2) is 24.8 Å². The molecule has 6 nitrogen and oxygen atoms in total. The van der Waals surface area contributed by atoms with Gasteiger partial charge in [-0.25, -0.2) is 5.43 Å². The summed E-state index contributed by atoms with van der Waals surface area (Å²) in [5, 5.41) is 7.32. The van der Waals surface area contributed by atoms with E-state index in [2.05, 4.69) is 15.8 Å². The molecule has 2 N–H and O–H groups in total. The average molecular weight is 373 g/mol. The maximum absolute atomic E-state index is 12.2. The lowest BCUT2D eigenvalue weighted by atomic mass is 10.2. The second-order valence-electron chi connectivity index (χ2n) is 6.21. The molecule has 3 aromatic rings. The Kier molecular flexibility index (Phi) is 5.20. The fourth-order valence-corrected chi connectivity index (χ4v) is 2.73. The highest BCUT2D eigenvalue weighted by Gasteiger charge is 2.26. The molecule has 0 aliphatic carbocycles. The minimum Gasteiger partial charge on any atom is -0.485 e. The third-order valence-electron chi connectivity index (χ3n) is 4.16. The van der Waals surface area contributed by atoms with Crippen LogP contribution in [0.1, 0.15) is 5.56 Å². The summed E-state index contributed by atoms with van der Waals surface area (Å²) >= 11 is 0. The Morgan fingerprint density at radius 2 is 1.57 bits per heavy atom. The number of para-hydroxylation sites is 3. The van der Waals surface area contributed by atoms with Gasteiger partial charge in [0.15, 0.2) is 11.5 Å². The van der Waals surface area contributed by atoms with Gasteiger partial charge in [-0.15, -0.1) is 0 Å². The number of carbonyl (C=O) groups excluding carboxylic acids is 1. The summed E-state index contributed by atoms with van der Waals surface area (Å²) in [6.07, 6.45) is 0.853. The van der Waals surface area contributed by atoms with Crippen molar-refractivity contribution in [3.05, 3.63) is 84.4 Å². The first-order chi connectivity index (χ1) is 13.8. The molecule has 1 aliphatic rings. The number of ether oxygens (including phenoxy) is 2. The highest BCUT2D eigenvalue weighted by atomic mass is 16.6. The average Bonchev–Trinajstić information content (AvgIpc) is 2.75. The van der Waals surface area contributed by atoms with E-state index in [0.29, 0.717) is 11.5 Å². The summed E-state index contributed by atoms with van der Waals surface area (Å²) in [6.45, 7) is 0.151. The van der Waals surface area contributed by atoms with Crippen LogP contribution in [0.5, 0.6) is 11.5 Å². The van der Waals surface area contributed by atoms with E-state index in [1.54, 1.807) is 18.3 Å². The van der Waals surface area contributed by atoms with Crippen LogP contribution in [0, 0.1) is 0 Å². The van der Waals surface area contributed by atoms with Crippen molar-refractivity contribution >= 4 is 23.5 Å². The first-order valence-electron chi connectivity index (χ1n) is 8.91. The molecule has 1 amide bonds. The Hall–Kier alpha value is -3.80. The molecule has 6 heteroatoms. The Morgan fingerprint density at radius 3 is 2.36 bits per heavy atom. The molecule has 1 heterocycles. The standard InChI is InChI=1S/C22H19N3O3/c26-22(21-15-27-19-8-4-5-9-20(19)28-21)25-23-14-16-10-12-18(13-11-16)24-17-6-2-1-3-7-17/h1-14,21,24H,15H2,(H,25,26)/b23-14-/t21-/m1/s1. The van der Waals surface area contributed by atoms with Gasteiger partial charge in [0.05, 0.1) is 6.21 Å². The molecular weight excluding hydrogens is 354 g/mol. The van der Waals surface area contributed by atoms with Crippen molar-refractivity contribution in [3.63, 3.8) is 0 Å². The molecule has 0 saturated heterocycles. The van der Waals surface area contributed by atoms with Crippen LogP contribution >= 0.6 is 0 Å². The molecule has 0 fully saturated rings. The number of carbonyl (C=O) groups is 1. The molecule has 1 aliphatic heterocycles. The van der Waals surface area contributed by atoms with E-state index in [-0.39, 0.29) is 12.5 Å². The molecule has 0 saturated carbocycles. The van der Waals surface area contributed by atoms with Crippen LogP contribution in [-0.2, 0) is 4.79 Å². The van der Waals surface area contributed by atoms with E-state index in [1.165, 1.54) is 0 Å². The van der Waals surface area contributed by atoms with Crippen LogP contribution in [0.15, 0.2) is 84.0 Å². The maximum atomic E-state index is 12.2. The predicted octanol–water partition coefficient (Wildman–Crippen LogP) is 3.72. The molecule has 28 heavy (non-hydrogen) atoms. The number of nitrogens with zero attached hydrogens (tertiary/aromatic N) is 1. The zero-order chi connectivity index (χ0) is 19.2. The van der Waals surface area contributed by atoms with Crippen LogP contribution in [0.2, 0.25) is 0 Å². The Bertz CT molecular complexity index is 972. The smallest absolute Gasteiger partial charge is 0.284 e. The highest BCUT2D eigenvalue weighted by Crippen LogP contribution is 2.30. The zero-order valence-corrected chi connectivity index (χ0v) is 15.0. The lowest BCUT2D eigenvalue weighted by Crippen LogP contribution is -2.42. The summed E-state index contributed by atoms with van der Waals surface area (Å²) in [5.41, 5.74) is 5.35. The number of amides is 1. The van der Waals surface area contributed by atoms with Crippen molar-refractivity contribution in [2.75, 3.05) is 11.9 Å². The van der Waals surface area contributed by atoms with Crippen molar-refractivity contribution in [1.29, 1.82) is 0 Å². The molecule has 140 valence electrons. The van der Waals surface area contributed by atoms with Crippen molar-refractivity contribution in [2.45, 2.75) is 6.10 Å². The van der Waals surface area contributed by atoms with Crippen molar-refractivity contribution in [1.82, 2.24) is 5.43 Å². The Morgan fingerprint density at radius 1 is 0.893 bits per heavy atom. The van der Waals surface area contributed by atoms with E-state index in [9.17, 15) is 4.79 Å². The summed E-state index contributed by atoms with van der Waals surface area (Å²) in [7, 11) is 0. The zero-order valence-electron chi connectivity index (χ0n) is 15.0. The largest absolute Gasteiger partial charge is 0.485 e. The van der Waals surface area contributed by atoms with Gasteiger partial charge < -0.3 is 14.8 Å². The summed E-state index contributed by atoms with van der Waals surface area (Å²) in [6, 6.07) is 24.9. The second-order valence-corrected chi connectivity index (χ2v) is 6.21. The minimum absolute atomic E-state index is 0.151. The first kappa shape index (κ1) is 17.6. The van der Waals surface area contributed by atoms with Gasteiger partial charge in [0.25, 0.3) is 5.91 Å². The summed E-state index contributed by atoms with van der Waals surface area (Å²) in [5.74, 6) is 0.840. The summed E-state index contributed by atoms with van der Waals surface area (Å²) in [4.78, 5) is 12.2. The molecule has 1 atom stereocenters. The number of hydrogen-bond acceptors (Lipinski definition) is 5. The van der Waals surface area contributed by atoms with Gasteiger partial charge in [0.1, 0.15) is 6.61 Å². The second kappa shape index (κ2) is 8.26. The Labute approximate surface area is 162 Å². The van der Waals surface area contributed by atoms with Gasteiger partial charge in [-0.2, -0.15) is 5.10 Å². The fraction of sp³-hybridized carbons (Fsp3) is 0.0909. The van der Waals surface area contributed by atoms with Crippen molar-refractivity contribution < 1.29 is 14.3 Å². The maximum Gasteiger partial charge on any atom is 0.284 e. The van der Waals surface area contributed by atoms with Gasteiger partial charge >= 0.3 is 0 Å². The number of hydrazone groups is 1. The van der Waals surface area contributed by atoms with E-state index < -0.39 is 6.10 Å². The van der Waals surface area contributed by atoms with Gasteiger partial charge in [0.2, 0.25) is 6.10 Å². The minimum atomic E-state index is -0.732. The van der Waals surface area contributed by atoms with E-state index in [0.717, 1.165) is 16.9 Å². The van der Waals surface area contributed by atoms with Crippen LogP contribution in [0.25, 0.3) is 0 Å². The number of hydrogen-bond donors (Lipinski definition) is 2. The third kappa shape index (κ3) is 4.29. The molecule has 0 aromatic heterocycles. The molecule has 0 bridgehead atoms. The number of nitrogens with one attached hydrogen (secondary N) is 2. The topological polar surface area (TPSA) is 72.0 Å². The van der Waals surface area contributed by atoms with Gasteiger partial charge in [-0.05, 0) is 42.0 Å². The van der Waals surface area contributed by atoms with E-state index in [1.807, 2.05) is 66.7 Å². The summed E-state index contributed by atoms with van der Waals surface area (Å²) < 4.78 is 11.2. The molecule has 0 unspecified atom stereocenters. The van der Waals surface area contributed by atoms with Crippen LogP contribution < -0.4 is 20.2 Å². The molecule has 3 aromatic carbocycles. The van der Waals surface area contributed by atoms with Crippen molar-refractivity contribution in [3.8, 4) is 11.5 Å². The van der Waals surface area contributed by atoms with Crippen LogP contribution in [0.3, 0.4) is 0 Å². The van der Waals surface area contributed by atoms with E-state index >= 15 is 0 Å². The number of fused-ring (bicyclic) bond motifs is 1. The van der Waals surface area contributed by atoms with Gasteiger partial charge in [-0.3, -0.25) is 4.79 Å². The van der Waals surface area contributed by atoms with Gasteiger partial charge in [-0.1, -0.05) is 42.5 Å². The van der Waals surface area contributed by atoms with E-state index in [4.69, 9.17) is 9.47 Å². The quantitative estimate of drug-likeness (QED) is 0.528. The fourth-order valence-electron chi connectivity index (χ4n) is 2.73. The highest BCUT2D eigenvalue weighted by molar-refractivity contribution is 5.85. The van der Waals surface area contributed by atoms with Crippen molar-refractivity contribution in [2.24, 2.45) is 5.10 Å². The number of anilines is 2. The normalized spacial score (nSPS) is 15.2. The molecular formula is C22H19N3O3. The van der Waals surface area contributed by atoms with Crippen LogP contribution in [0.4, 0.5) is 11.4 Å². The lowest BCUT2D eigenvalue weighted by molar-refractivity contribution is -0.130. The Balaban J connectivity index is 1.30. The molecule has 0 spiro atoms. The first-order valence-corrected chi connectivity index (χ1v) is 8.91. The monoisotopic (exact) mass is 373 g/mol. The number of rotatable bonds is 5. The predicted molar refractivity (Wildman–Crippen MR) is 108 cm³/mol.